The highest BCUT2D eigenvalue weighted by molar-refractivity contribution is 7.72. The largest absolute Gasteiger partial charge is 0.373 e. The smallest absolute Gasteiger partial charge is 0.232 e. The van der Waals surface area contributed by atoms with Gasteiger partial charge in [-0.1, -0.05) is 0 Å². The van der Waals surface area contributed by atoms with E-state index in [4.69, 9.17) is 4.74 Å². The first-order valence-electron chi connectivity index (χ1n) is 2.51. The average molecular weight is 148 g/mol. The van der Waals surface area contributed by atoms with Gasteiger partial charge < -0.3 is 4.74 Å². The van der Waals surface area contributed by atoms with Crippen LogP contribution in [0.5, 0.6) is 0 Å². The number of ether oxygens (including phenoxy) is 1. The molecule has 0 aromatic heterocycles. The molecule has 1 saturated heterocycles. The predicted octanol–water partition coefficient (Wildman–Crippen LogP) is -1.37. The van der Waals surface area contributed by atoms with E-state index in [-0.39, 0.29) is 11.6 Å². The van der Waals surface area contributed by atoms with Gasteiger partial charge in [0.1, 0.15) is 0 Å². The molecular weight excluding hydrogens is 142 g/mol. The third-order valence-corrected chi connectivity index (χ3v) is 1.57. The van der Waals surface area contributed by atoms with Gasteiger partial charge in [0.05, 0.1) is 13.2 Å². The van der Waals surface area contributed by atoms with Crippen LogP contribution in [0.4, 0.5) is 0 Å². The summed E-state index contributed by atoms with van der Waals surface area (Å²) in [4.78, 5) is 0.126. The Labute approximate surface area is 54.4 Å². The molecule has 0 unspecified atom stereocenters. The fourth-order valence-corrected chi connectivity index (χ4v) is 0.917. The Morgan fingerprint density at radius 3 is 2.67 bits per heavy atom. The lowest BCUT2D eigenvalue weighted by Gasteiger charge is -2.09. The van der Waals surface area contributed by atoms with Crippen LogP contribution in [-0.4, -0.2) is 33.2 Å². The standard InChI is InChI=1S/C4H6NO3S/c6-9(7)4-3-8-2-1-5-4/h1-3H2. The van der Waals surface area contributed by atoms with Crippen LogP contribution in [0.2, 0.25) is 0 Å². The number of rotatable bonds is 0. The van der Waals surface area contributed by atoms with Crippen molar-refractivity contribution in [3.63, 3.8) is 0 Å². The van der Waals surface area contributed by atoms with Gasteiger partial charge in [-0.15, -0.1) is 0 Å². The lowest BCUT2D eigenvalue weighted by molar-refractivity contribution is 0.160. The minimum absolute atomic E-state index is 0.126. The normalized spacial score (nSPS) is 19.8. The molecule has 1 fully saturated rings. The van der Waals surface area contributed by atoms with E-state index in [0.717, 1.165) is 0 Å². The third-order valence-electron chi connectivity index (χ3n) is 0.942. The molecule has 0 N–H and O–H groups in total. The molecule has 0 amide bonds. The first-order valence-corrected chi connectivity index (χ1v) is 3.58. The maximum absolute atomic E-state index is 10.1. The highest BCUT2D eigenvalue weighted by Crippen LogP contribution is 1.84. The van der Waals surface area contributed by atoms with Gasteiger partial charge in [-0.3, -0.25) is 0 Å². The van der Waals surface area contributed by atoms with Gasteiger partial charge in [-0.25, -0.2) is 0 Å². The van der Waals surface area contributed by atoms with Crippen LogP contribution in [0.25, 0.3) is 0 Å². The minimum atomic E-state index is -2.18. The molecule has 0 aromatic rings. The van der Waals surface area contributed by atoms with Crippen molar-refractivity contribution in [1.29, 1.82) is 0 Å². The molecule has 4 nitrogen and oxygen atoms in total. The summed E-state index contributed by atoms with van der Waals surface area (Å²) in [5, 5.41) is 3.71. The van der Waals surface area contributed by atoms with Crippen molar-refractivity contribution in [3.05, 3.63) is 0 Å². The van der Waals surface area contributed by atoms with Crippen molar-refractivity contribution >= 4 is 15.3 Å². The summed E-state index contributed by atoms with van der Waals surface area (Å²) in [5.74, 6) is 0. The number of nitrogens with zero attached hydrogens (tertiary/aromatic N) is 1. The van der Waals surface area contributed by atoms with E-state index in [1.807, 2.05) is 0 Å². The van der Waals surface area contributed by atoms with Crippen LogP contribution in [0, 0.1) is 0 Å². The zero-order chi connectivity index (χ0) is 6.69. The Hall–Kier alpha value is -0.390. The highest BCUT2D eigenvalue weighted by Gasteiger charge is 2.07. The number of hydrogen-bond donors (Lipinski definition) is 0. The summed E-state index contributed by atoms with van der Waals surface area (Å²) >= 11 is 0. The second-order valence-corrected chi connectivity index (χ2v) is 2.50. The molecule has 0 saturated carbocycles. The van der Waals surface area contributed by atoms with E-state index in [0.29, 0.717) is 13.2 Å². The van der Waals surface area contributed by atoms with E-state index in [1.165, 1.54) is 0 Å². The van der Waals surface area contributed by atoms with Gasteiger partial charge in [-0.05, 0) is 0 Å². The molecule has 1 heterocycles. The van der Waals surface area contributed by atoms with Gasteiger partial charge in [-0.2, -0.15) is 13.7 Å². The second kappa shape index (κ2) is 2.95. The lowest BCUT2D eigenvalue weighted by atomic mass is 10.5. The molecule has 1 aliphatic rings. The molecule has 0 bridgehead atoms. The van der Waals surface area contributed by atoms with Crippen molar-refractivity contribution in [1.82, 2.24) is 5.32 Å². The Morgan fingerprint density at radius 1 is 1.56 bits per heavy atom. The third kappa shape index (κ3) is 1.78. The monoisotopic (exact) mass is 148 g/mol. The second-order valence-electron chi connectivity index (χ2n) is 1.56. The Kier molecular flexibility index (Phi) is 2.21. The van der Waals surface area contributed by atoms with Crippen LogP contribution in [-0.2, 0) is 15.0 Å². The van der Waals surface area contributed by atoms with E-state index in [1.54, 1.807) is 0 Å². The van der Waals surface area contributed by atoms with E-state index >= 15 is 0 Å². The van der Waals surface area contributed by atoms with Gasteiger partial charge in [0.25, 0.3) is 0 Å². The zero-order valence-electron chi connectivity index (χ0n) is 4.70. The fraction of sp³-hybridized carbons (Fsp3) is 0.750. The van der Waals surface area contributed by atoms with Gasteiger partial charge in [0.2, 0.25) is 10.3 Å². The van der Waals surface area contributed by atoms with E-state index in [9.17, 15) is 8.42 Å². The quantitative estimate of drug-likeness (QED) is 0.398. The molecule has 9 heavy (non-hydrogen) atoms. The van der Waals surface area contributed by atoms with Crippen molar-refractivity contribution in [3.8, 4) is 0 Å². The first-order chi connectivity index (χ1) is 4.30. The fourth-order valence-electron chi connectivity index (χ4n) is 0.541. The highest BCUT2D eigenvalue weighted by atomic mass is 32.2. The van der Waals surface area contributed by atoms with Crippen molar-refractivity contribution < 1.29 is 13.2 Å². The summed E-state index contributed by atoms with van der Waals surface area (Å²) < 4.78 is 25.1. The van der Waals surface area contributed by atoms with E-state index in [2.05, 4.69) is 5.32 Å². The first kappa shape index (κ1) is 6.73. The molecule has 51 valence electrons. The Morgan fingerprint density at radius 2 is 2.33 bits per heavy atom. The summed E-state index contributed by atoms with van der Waals surface area (Å²) in [6.45, 7) is 1.13. The van der Waals surface area contributed by atoms with Gasteiger partial charge in [0.15, 0.2) is 4.99 Å². The van der Waals surface area contributed by atoms with Crippen LogP contribution in [0.1, 0.15) is 0 Å². The Bertz CT molecular complexity index is 202. The molecule has 0 aromatic carbocycles. The molecule has 0 aliphatic carbocycles. The summed E-state index contributed by atoms with van der Waals surface area (Å²) in [5.41, 5.74) is 0. The van der Waals surface area contributed by atoms with Crippen molar-refractivity contribution in [2.45, 2.75) is 0 Å². The topological polar surface area (TPSA) is 57.5 Å². The zero-order valence-corrected chi connectivity index (χ0v) is 5.52. The molecule has 1 rings (SSSR count). The molecule has 1 aliphatic heterocycles. The lowest BCUT2D eigenvalue weighted by Crippen LogP contribution is -2.31. The Balaban J connectivity index is 2.72. The van der Waals surface area contributed by atoms with Crippen LogP contribution in [0.3, 0.4) is 0 Å². The minimum Gasteiger partial charge on any atom is -0.373 e. The maximum atomic E-state index is 10.1. The predicted molar refractivity (Wildman–Crippen MR) is 31.7 cm³/mol. The number of morpholine rings is 1. The van der Waals surface area contributed by atoms with Crippen LogP contribution in [0.15, 0.2) is 0 Å². The molecular formula is C4H6NO3S. The summed E-state index contributed by atoms with van der Waals surface area (Å²) in [6, 6.07) is 0. The van der Waals surface area contributed by atoms with Crippen LogP contribution < -0.4 is 5.32 Å². The number of hydrogen-bond acceptors (Lipinski definition) is 3. The SMILES string of the molecule is O=S(=O)=C1COCC[N]1. The van der Waals surface area contributed by atoms with Crippen molar-refractivity contribution in [2.75, 3.05) is 19.8 Å². The molecule has 1 radical (unpaired) electrons. The molecule has 5 heteroatoms. The summed E-state index contributed by atoms with van der Waals surface area (Å²) in [6.07, 6.45) is 0. The van der Waals surface area contributed by atoms with Gasteiger partial charge >= 0.3 is 0 Å². The summed E-state index contributed by atoms with van der Waals surface area (Å²) in [7, 11) is -2.18. The van der Waals surface area contributed by atoms with Gasteiger partial charge in [0, 0.05) is 6.54 Å². The maximum Gasteiger partial charge on any atom is 0.232 e. The average Bonchev–Trinajstić information content (AvgIpc) is 1.90. The molecule has 0 atom stereocenters. The van der Waals surface area contributed by atoms with E-state index < -0.39 is 10.3 Å². The van der Waals surface area contributed by atoms with Crippen molar-refractivity contribution in [2.24, 2.45) is 0 Å². The van der Waals surface area contributed by atoms with Crippen LogP contribution >= 0.6 is 0 Å². The molecule has 0 spiro atoms.